The number of fused-ring (bicyclic) bond motifs is 1. The van der Waals surface area contributed by atoms with Crippen LogP contribution < -0.4 is 0 Å². The number of nitrogens with zero attached hydrogens (tertiary/aromatic N) is 3. The molecule has 118 valence electrons. The Bertz CT molecular complexity index is 754. The van der Waals surface area contributed by atoms with E-state index in [2.05, 4.69) is 4.98 Å². The van der Waals surface area contributed by atoms with Crippen molar-refractivity contribution in [2.24, 2.45) is 0 Å². The Kier molecular flexibility index (Phi) is 3.07. The van der Waals surface area contributed by atoms with Crippen molar-refractivity contribution in [3.05, 3.63) is 53.2 Å². The van der Waals surface area contributed by atoms with Gasteiger partial charge < -0.3 is 19.3 Å². The van der Waals surface area contributed by atoms with Crippen LogP contribution in [0, 0.1) is 0 Å². The predicted molar refractivity (Wildman–Crippen MR) is 78.9 cm³/mol. The molecule has 2 aliphatic heterocycles. The van der Waals surface area contributed by atoms with Gasteiger partial charge in [-0.3, -0.25) is 0 Å². The van der Waals surface area contributed by atoms with Crippen LogP contribution in [0.2, 0.25) is 0 Å². The molecule has 4 rings (SSSR count). The minimum atomic E-state index is -1.11. The first-order valence-electron chi connectivity index (χ1n) is 7.41. The Hall–Kier alpha value is -2.83. The molecule has 1 aromatic heterocycles. The van der Waals surface area contributed by atoms with Gasteiger partial charge in [-0.25, -0.2) is 14.6 Å². The summed E-state index contributed by atoms with van der Waals surface area (Å²) >= 11 is 0. The number of aromatic carboxylic acids is 1. The minimum Gasteiger partial charge on any atom is -0.476 e. The van der Waals surface area contributed by atoms with Gasteiger partial charge in [0.1, 0.15) is 6.26 Å². The molecule has 2 aliphatic rings. The molecule has 23 heavy (non-hydrogen) atoms. The summed E-state index contributed by atoms with van der Waals surface area (Å²) in [6, 6.07) is 8.05. The number of rotatable bonds is 2. The van der Waals surface area contributed by atoms with Gasteiger partial charge in [0.15, 0.2) is 5.69 Å². The van der Waals surface area contributed by atoms with Gasteiger partial charge in [-0.1, -0.05) is 24.3 Å². The fraction of sp³-hybridized carbons (Fsp3) is 0.312. The van der Waals surface area contributed by atoms with Crippen LogP contribution in [0.3, 0.4) is 0 Å². The molecule has 0 spiro atoms. The van der Waals surface area contributed by atoms with E-state index < -0.39 is 5.97 Å². The molecule has 0 radical (unpaired) electrons. The van der Waals surface area contributed by atoms with Crippen molar-refractivity contribution < 1.29 is 19.1 Å². The zero-order valence-electron chi connectivity index (χ0n) is 12.3. The number of benzene rings is 1. The van der Waals surface area contributed by atoms with Gasteiger partial charge in [0.2, 0.25) is 5.89 Å². The fourth-order valence-electron chi connectivity index (χ4n) is 3.03. The molecular weight excluding hydrogens is 298 g/mol. The molecule has 1 fully saturated rings. The van der Waals surface area contributed by atoms with E-state index in [-0.39, 0.29) is 17.6 Å². The molecule has 2 aromatic rings. The number of oxazole rings is 1. The molecule has 7 nitrogen and oxygen atoms in total. The molecule has 3 heterocycles. The Balaban J connectivity index is 1.37. The van der Waals surface area contributed by atoms with Crippen LogP contribution in [-0.2, 0) is 13.1 Å². The lowest BCUT2D eigenvalue weighted by Crippen LogP contribution is -2.52. The van der Waals surface area contributed by atoms with Gasteiger partial charge in [-0.2, -0.15) is 0 Å². The molecule has 0 bridgehead atoms. The van der Waals surface area contributed by atoms with Gasteiger partial charge in [-0.05, 0) is 11.1 Å². The molecule has 1 N–H and O–H groups in total. The number of likely N-dealkylation sites (tertiary alicyclic amines) is 1. The molecule has 0 atom stereocenters. The molecule has 0 saturated carbocycles. The fourth-order valence-corrected chi connectivity index (χ4v) is 3.03. The molecular formula is C16H15N3O4. The highest BCUT2D eigenvalue weighted by Gasteiger charge is 2.38. The summed E-state index contributed by atoms with van der Waals surface area (Å²) in [5, 5.41) is 8.85. The number of hydrogen-bond donors (Lipinski definition) is 1. The maximum atomic E-state index is 12.5. The summed E-state index contributed by atoms with van der Waals surface area (Å²) in [5.74, 6) is -0.754. The van der Waals surface area contributed by atoms with Gasteiger partial charge >= 0.3 is 12.0 Å². The zero-order chi connectivity index (χ0) is 16.0. The summed E-state index contributed by atoms with van der Waals surface area (Å²) in [6.45, 7) is 2.28. The van der Waals surface area contributed by atoms with Gasteiger partial charge in [0.25, 0.3) is 0 Å². The highest BCUT2D eigenvalue weighted by Crippen LogP contribution is 2.30. The summed E-state index contributed by atoms with van der Waals surface area (Å²) in [7, 11) is 0. The van der Waals surface area contributed by atoms with Crippen molar-refractivity contribution in [2.45, 2.75) is 19.0 Å². The van der Waals surface area contributed by atoms with E-state index in [0.29, 0.717) is 32.1 Å². The summed E-state index contributed by atoms with van der Waals surface area (Å²) in [5.41, 5.74) is 2.29. The van der Waals surface area contributed by atoms with E-state index >= 15 is 0 Å². The predicted octanol–water partition coefficient (Wildman–Crippen LogP) is 1.91. The minimum absolute atomic E-state index is 0.00228. The lowest BCUT2D eigenvalue weighted by atomic mass is 10.0. The standard InChI is InChI=1S/C16H15N3O4/c20-15(21)13-9-23-14(17-13)12-7-19(8-12)16(22)18-5-10-3-1-2-4-11(10)6-18/h1-4,9,12H,5-8H2,(H,20,21). The van der Waals surface area contributed by atoms with Gasteiger partial charge in [0.05, 0.1) is 5.92 Å². The van der Waals surface area contributed by atoms with Crippen LogP contribution in [0.5, 0.6) is 0 Å². The lowest BCUT2D eigenvalue weighted by Gasteiger charge is -2.39. The number of amides is 2. The number of hydrogen-bond acceptors (Lipinski definition) is 4. The normalized spacial score (nSPS) is 17.0. The van der Waals surface area contributed by atoms with E-state index in [1.807, 2.05) is 29.2 Å². The molecule has 2 amide bonds. The van der Waals surface area contributed by atoms with E-state index in [1.165, 1.54) is 11.1 Å². The van der Waals surface area contributed by atoms with Crippen LogP contribution >= 0.6 is 0 Å². The number of carbonyl (C=O) groups excluding carboxylic acids is 1. The lowest BCUT2D eigenvalue weighted by molar-refractivity contribution is 0.0690. The number of carboxylic acids is 1. The Morgan fingerprint density at radius 1 is 1.13 bits per heavy atom. The molecule has 1 saturated heterocycles. The maximum Gasteiger partial charge on any atom is 0.357 e. The quantitative estimate of drug-likeness (QED) is 0.915. The Morgan fingerprint density at radius 2 is 1.78 bits per heavy atom. The summed E-state index contributed by atoms with van der Waals surface area (Å²) in [4.78, 5) is 30.8. The van der Waals surface area contributed by atoms with Crippen LogP contribution in [0.1, 0.15) is 33.4 Å². The highest BCUT2D eigenvalue weighted by molar-refractivity contribution is 5.84. The Morgan fingerprint density at radius 3 is 2.35 bits per heavy atom. The van der Waals surface area contributed by atoms with Crippen molar-refractivity contribution in [3.63, 3.8) is 0 Å². The summed E-state index contributed by atoms with van der Waals surface area (Å²) in [6.07, 6.45) is 1.14. The third kappa shape index (κ3) is 2.34. The van der Waals surface area contributed by atoms with Crippen LogP contribution in [0.15, 0.2) is 34.9 Å². The topological polar surface area (TPSA) is 86.9 Å². The molecule has 0 unspecified atom stereocenters. The second kappa shape index (κ2) is 5.12. The van der Waals surface area contributed by atoms with E-state index in [4.69, 9.17) is 9.52 Å². The molecule has 0 aliphatic carbocycles. The first kappa shape index (κ1) is 13.8. The van der Waals surface area contributed by atoms with Gasteiger partial charge in [-0.15, -0.1) is 0 Å². The maximum absolute atomic E-state index is 12.5. The first-order chi connectivity index (χ1) is 11.1. The van der Waals surface area contributed by atoms with Gasteiger partial charge in [0, 0.05) is 26.2 Å². The average Bonchev–Trinajstić information content (AvgIpc) is 3.12. The second-order valence-corrected chi connectivity index (χ2v) is 5.89. The third-order valence-corrected chi connectivity index (χ3v) is 4.35. The second-order valence-electron chi connectivity index (χ2n) is 5.89. The molecule has 1 aromatic carbocycles. The van der Waals surface area contributed by atoms with Crippen molar-refractivity contribution in [2.75, 3.05) is 13.1 Å². The Labute approximate surface area is 132 Å². The number of carboxylic acid groups (broad SMARTS) is 1. The monoisotopic (exact) mass is 313 g/mol. The van der Waals surface area contributed by atoms with Crippen molar-refractivity contribution in [1.29, 1.82) is 0 Å². The SMILES string of the molecule is O=C(O)c1coc(C2CN(C(=O)N3Cc4ccccc4C3)C2)n1. The first-order valence-corrected chi connectivity index (χ1v) is 7.41. The zero-order valence-corrected chi connectivity index (χ0v) is 12.3. The third-order valence-electron chi connectivity index (χ3n) is 4.35. The largest absolute Gasteiger partial charge is 0.476 e. The van der Waals surface area contributed by atoms with Crippen LogP contribution in [0.25, 0.3) is 0 Å². The molecule has 7 heteroatoms. The number of aromatic nitrogens is 1. The number of urea groups is 1. The van der Waals surface area contributed by atoms with Crippen LogP contribution in [-0.4, -0.2) is 45.0 Å². The number of carbonyl (C=O) groups is 2. The van der Waals surface area contributed by atoms with Crippen LogP contribution in [0.4, 0.5) is 4.79 Å². The van der Waals surface area contributed by atoms with E-state index in [1.54, 1.807) is 4.90 Å². The highest BCUT2D eigenvalue weighted by atomic mass is 16.4. The van der Waals surface area contributed by atoms with Crippen molar-refractivity contribution in [1.82, 2.24) is 14.8 Å². The van der Waals surface area contributed by atoms with Crippen molar-refractivity contribution in [3.8, 4) is 0 Å². The average molecular weight is 313 g/mol. The smallest absolute Gasteiger partial charge is 0.357 e. The van der Waals surface area contributed by atoms with E-state index in [9.17, 15) is 9.59 Å². The van der Waals surface area contributed by atoms with Crippen molar-refractivity contribution >= 4 is 12.0 Å². The van der Waals surface area contributed by atoms with E-state index in [0.717, 1.165) is 6.26 Å². The summed E-state index contributed by atoms with van der Waals surface area (Å²) < 4.78 is 5.19.